The van der Waals surface area contributed by atoms with E-state index < -0.39 is 0 Å². The molecule has 1 N–H and O–H groups in total. The highest BCUT2D eigenvalue weighted by molar-refractivity contribution is 7.10. The Morgan fingerprint density at radius 2 is 1.83 bits per heavy atom. The Kier molecular flexibility index (Phi) is 4.48. The second-order valence-electron chi connectivity index (χ2n) is 5.22. The number of aromatic nitrogens is 1. The normalized spacial score (nSPS) is 10.5. The number of rotatable bonds is 4. The van der Waals surface area contributed by atoms with Gasteiger partial charge in [-0.1, -0.05) is 17.7 Å². The van der Waals surface area contributed by atoms with Crippen molar-refractivity contribution in [3.63, 3.8) is 0 Å². The summed E-state index contributed by atoms with van der Waals surface area (Å²) in [4.78, 5) is 16.5. The van der Waals surface area contributed by atoms with Gasteiger partial charge in [0.15, 0.2) is 0 Å². The first-order valence-corrected chi connectivity index (χ1v) is 8.05. The number of nitrogens with zero attached hydrogens (tertiary/aromatic N) is 1. The number of anilines is 1. The van der Waals surface area contributed by atoms with Crippen molar-refractivity contribution in [2.75, 3.05) is 5.32 Å². The molecule has 3 aromatic rings. The van der Waals surface area contributed by atoms with E-state index in [0.29, 0.717) is 0 Å². The minimum Gasteiger partial charge on any atom is -0.326 e. The molecule has 0 spiro atoms. The van der Waals surface area contributed by atoms with Crippen molar-refractivity contribution in [2.24, 2.45) is 0 Å². The van der Waals surface area contributed by atoms with Crippen LogP contribution in [0.4, 0.5) is 10.1 Å². The number of halogens is 1. The number of amides is 1. The molecule has 1 aromatic heterocycles. The van der Waals surface area contributed by atoms with Gasteiger partial charge >= 0.3 is 0 Å². The van der Waals surface area contributed by atoms with Crippen molar-refractivity contribution in [3.8, 4) is 11.3 Å². The lowest BCUT2D eigenvalue weighted by Gasteiger charge is -2.04. The van der Waals surface area contributed by atoms with E-state index in [4.69, 9.17) is 0 Å². The van der Waals surface area contributed by atoms with E-state index in [1.165, 1.54) is 23.5 Å². The van der Waals surface area contributed by atoms with Crippen LogP contribution in [0.15, 0.2) is 53.9 Å². The minimum atomic E-state index is -0.276. The first kappa shape index (κ1) is 15.4. The van der Waals surface area contributed by atoms with E-state index in [-0.39, 0.29) is 18.1 Å². The lowest BCUT2D eigenvalue weighted by molar-refractivity contribution is -0.115. The molecule has 0 radical (unpaired) electrons. The average molecular weight is 326 g/mol. The van der Waals surface area contributed by atoms with Crippen molar-refractivity contribution in [1.29, 1.82) is 0 Å². The number of thiazole rings is 1. The second kappa shape index (κ2) is 6.71. The van der Waals surface area contributed by atoms with Crippen LogP contribution >= 0.6 is 11.3 Å². The fourth-order valence-electron chi connectivity index (χ4n) is 2.12. The van der Waals surface area contributed by atoms with Gasteiger partial charge in [0.05, 0.1) is 12.1 Å². The highest BCUT2D eigenvalue weighted by Gasteiger charge is 2.09. The number of carbonyl (C=O) groups is 1. The summed E-state index contributed by atoms with van der Waals surface area (Å²) < 4.78 is 12.9. The standard InChI is InChI=1S/C18H15FN2OS/c1-12-2-8-15(9-3-12)20-17(22)10-18-21-16(11-23-18)13-4-6-14(19)7-5-13/h2-9,11H,10H2,1H3,(H,20,22). The molecule has 0 aliphatic heterocycles. The van der Waals surface area contributed by atoms with Gasteiger partial charge in [0, 0.05) is 16.6 Å². The molecule has 0 atom stereocenters. The van der Waals surface area contributed by atoms with E-state index in [0.717, 1.165) is 27.5 Å². The summed E-state index contributed by atoms with van der Waals surface area (Å²) in [6, 6.07) is 13.8. The zero-order valence-corrected chi connectivity index (χ0v) is 13.4. The van der Waals surface area contributed by atoms with Gasteiger partial charge in [-0.05, 0) is 43.3 Å². The third kappa shape index (κ3) is 4.02. The Morgan fingerprint density at radius 1 is 1.13 bits per heavy atom. The smallest absolute Gasteiger partial charge is 0.231 e. The SMILES string of the molecule is Cc1ccc(NC(=O)Cc2nc(-c3ccc(F)cc3)cs2)cc1. The van der Waals surface area contributed by atoms with Crippen LogP contribution in [-0.4, -0.2) is 10.9 Å². The van der Waals surface area contributed by atoms with Crippen molar-refractivity contribution < 1.29 is 9.18 Å². The molecule has 3 rings (SSSR count). The minimum absolute atomic E-state index is 0.103. The monoisotopic (exact) mass is 326 g/mol. The predicted octanol–water partition coefficient (Wildman–Crippen LogP) is 4.44. The second-order valence-corrected chi connectivity index (χ2v) is 6.17. The molecular weight excluding hydrogens is 311 g/mol. The van der Waals surface area contributed by atoms with Crippen LogP contribution < -0.4 is 5.32 Å². The van der Waals surface area contributed by atoms with Crippen LogP contribution in [-0.2, 0) is 11.2 Å². The largest absolute Gasteiger partial charge is 0.326 e. The summed E-state index contributed by atoms with van der Waals surface area (Å²) in [5.74, 6) is -0.379. The Bertz CT molecular complexity index is 810. The van der Waals surface area contributed by atoms with Gasteiger partial charge < -0.3 is 5.32 Å². The molecule has 0 aliphatic carbocycles. The van der Waals surface area contributed by atoms with E-state index in [2.05, 4.69) is 10.3 Å². The molecule has 0 saturated heterocycles. The molecule has 0 aliphatic rings. The molecule has 2 aromatic carbocycles. The number of carbonyl (C=O) groups excluding carboxylic acids is 1. The average Bonchev–Trinajstić information content (AvgIpc) is 2.98. The number of hydrogen-bond donors (Lipinski definition) is 1. The fraction of sp³-hybridized carbons (Fsp3) is 0.111. The maximum absolute atomic E-state index is 12.9. The van der Waals surface area contributed by atoms with Gasteiger partial charge in [0.1, 0.15) is 10.8 Å². The summed E-state index contributed by atoms with van der Waals surface area (Å²) >= 11 is 1.42. The molecule has 0 saturated carbocycles. The zero-order chi connectivity index (χ0) is 16.2. The third-order valence-electron chi connectivity index (χ3n) is 3.34. The van der Waals surface area contributed by atoms with Gasteiger partial charge in [-0.25, -0.2) is 9.37 Å². The number of benzene rings is 2. The predicted molar refractivity (Wildman–Crippen MR) is 91.0 cm³/mol. The van der Waals surface area contributed by atoms with Gasteiger partial charge in [-0.2, -0.15) is 0 Å². The topological polar surface area (TPSA) is 42.0 Å². The van der Waals surface area contributed by atoms with Crippen molar-refractivity contribution in [1.82, 2.24) is 4.98 Å². The van der Waals surface area contributed by atoms with Gasteiger partial charge in [-0.15, -0.1) is 11.3 Å². The van der Waals surface area contributed by atoms with Crippen LogP contribution in [0.2, 0.25) is 0 Å². The van der Waals surface area contributed by atoms with Gasteiger partial charge in [0.25, 0.3) is 0 Å². The highest BCUT2D eigenvalue weighted by atomic mass is 32.1. The molecule has 1 amide bonds. The van der Waals surface area contributed by atoms with Gasteiger partial charge in [-0.3, -0.25) is 4.79 Å². The van der Waals surface area contributed by atoms with Crippen molar-refractivity contribution >= 4 is 22.9 Å². The number of hydrogen-bond acceptors (Lipinski definition) is 3. The molecule has 0 fully saturated rings. The summed E-state index contributed by atoms with van der Waals surface area (Å²) in [6.07, 6.45) is 0.222. The Morgan fingerprint density at radius 3 is 2.52 bits per heavy atom. The lowest BCUT2D eigenvalue weighted by Crippen LogP contribution is -2.14. The maximum Gasteiger partial charge on any atom is 0.231 e. The van der Waals surface area contributed by atoms with Crippen molar-refractivity contribution in [2.45, 2.75) is 13.3 Å². The van der Waals surface area contributed by atoms with E-state index in [9.17, 15) is 9.18 Å². The van der Waals surface area contributed by atoms with Crippen LogP contribution in [0, 0.1) is 12.7 Å². The molecule has 1 heterocycles. The first-order valence-electron chi connectivity index (χ1n) is 7.17. The maximum atomic E-state index is 12.9. The Balaban J connectivity index is 1.65. The highest BCUT2D eigenvalue weighted by Crippen LogP contribution is 2.22. The van der Waals surface area contributed by atoms with Crippen molar-refractivity contribution in [3.05, 3.63) is 70.3 Å². The number of nitrogens with one attached hydrogen (secondary N) is 1. The molecule has 3 nitrogen and oxygen atoms in total. The summed E-state index contributed by atoms with van der Waals surface area (Å²) in [5, 5.41) is 5.46. The lowest BCUT2D eigenvalue weighted by atomic mass is 10.2. The Labute approximate surface area is 137 Å². The summed E-state index contributed by atoms with van der Waals surface area (Å²) in [6.45, 7) is 2.00. The summed E-state index contributed by atoms with van der Waals surface area (Å²) in [5.41, 5.74) is 3.52. The van der Waals surface area contributed by atoms with Crippen LogP contribution in [0.1, 0.15) is 10.6 Å². The third-order valence-corrected chi connectivity index (χ3v) is 4.19. The van der Waals surface area contributed by atoms with Crippen LogP contribution in [0.5, 0.6) is 0 Å². The molecule has 5 heteroatoms. The molecule has 0 bridgehead atoms. The molecule has 23 heavy (non-hydrogen) atoms. The zero-order valence-electron chi connectivity index (χ0n) is 12.5. The molecule has 0 unspecified atom stereocenters. The van der Waals surface area contributed by atoms with E-state index in [1.54, 1.807) is 12.1 Å². The molecule has 116 valence electrons. The quantitative estimate of drug-likeness (QED) is 0.770. The first-order chi connectivity index (χ1) is 11.1. The molecular formula is C18H15FN2OS. The number of aryl methyl sites for hydroxylation is 1. The Hall–Kier alpha value is -2.53. The summed E-state index contributed by atoms with van der Waals surface area (Å²) in [7, 11) is 0. The van der Waals surface area contributed by atoms with E-state index in [1.807, 2.05) is 36.6 Å². The van der Waals surface area contributed by atoms with Crippen LogP contribution in [0.25, 0.3) is 11.3 Å². The fourth-order valence-corrected chi connectivity index (χ4v) is 2.93. The van der Waals surface area contributed by atoms with Crippen LogP contribution in [0.3, 0.4) is 0 Å². The van der Waals surface area contributed by atoms with Gasteiger partial charge in [0.2, 0.25) is 5.91 Å². The van der Waals surface area contributed by atoms with E-state index >= 15 is 0 Å².